The topological polar surface area (TPSA) is 47.6 Å². The molecule has 0 spiro atoms. The number of amides is 2. The molecule has 1 unspecified atom stereocenters. The van der Waals surface area contributed by atoms with Crippen molar-refractivity contribution in [2.24, 2.45) is 0 Å². The van der Waals surface area contributed by atoms with Gasteiger partial charge in [-0.1, -0.05) is 0 Å². The molecule has 0 saturated carbocycles. The minimum atomic E-state index is 0.128. The van der Waals surface area contributed by atoms with Gasteiger partial charge in [0.2, 0.25) is 0 Å². The second-order valence-corrected chi connectivity index (χ2v) is 5.09. The molecular weight excluding hydrogens is 204 g/mol. The summed E-state index contributed by atoms with van der Waals surface area (Å²) in [6.45, 7) is 6.11. The van der Waals surface area contributed by atoms with Gasteiger partial charge in [-0.15, -0.1) is 0 Å². The number of nitrogens with one attached hydrogen (secondary N) is 2. The minimum Gasteiger partial charge on any atom is -0.336 e. The van der Waals surface area contributed by atoms with Crippen molar-refractivity contribution in [1.29, 1.82) is 0 Å². The summed E-state index contributed by atoms with van der Waals surface area (Å²) < 4.78 is 0. The molecule has 5 nitrogen and oxygen atoms in total. The Morgan fingerprint density at radius 3 is 3.12 bits per heavy atom. The summed E-state index contributed by atoms with van der Waals surface area (Å²) in [5, 5.41) is 6.45. The van der Waals surface area contributed by atoms with Gasteiger partial charge in [0.1, 0.15) is 0 Å². The third kappa shape index (κ3) is 1.89. The number of carbonyl (C=O) groups excluding carboxylic acids is 1. The number of carbonyl (C=O) groups is 1. The van der Waals surface area contributed by atoms with E-state index in [9.17, 15) is 4.79 Å². The van der Waals surface area contributed by atoms with Crippen LogP contribution in [0, 0.1) is 0 Å². The summed E-state index contributed by atoms with van der Waals surface area (Å²) in [7, 11) is 0. The molecule has 5 heteroatoms. The molecule has 0 aromatic rings. The fourth-order valence-electron chi connectivity index (χ4n) is 3.06. The summed E-state index contributed by atoms with van der Waals surface area (Å²) >= 11 is 0. The van der Waals surface area contributed by atoms with Gasteiger partial charge in [-0.25, -0.2) is 4.79 Å². The Hall–Kier alpha value is -0.810. The zero-order valence-electron chi connectivity index (χ0n) is 9.61. The maximum atomic E-state index is 11.4. The third-order valence-corrected chi connectivity index (χ3v) is 3.96. The van der Waals surface area contributed by atoms with Crippen molar-refractivity contribution < 1.29 is 4.79 Å². The van der Waals surface area contributed by atoms with E-state index in [1.807, 2.05) is 4.90 Å². The predicted octanol–water partition coefficient (Wildman–Crippen LogP) is -0.552. The van der Waals surface area contributed by atoms with Crippen LogP contribution in [0.1, 0.15) is 12.8 Å². The molecular formula is C11H20N4O. The summed E-state index contributed by atoms with van der Waals surface area (Å²) in [6.07, 6.45) is 2.62. The van der Waals surface area contributed by atoms with Gasteiger partial charge in [-0.2, -0.15) is 0 Å². The second-order valence-electron chi connectivity index (χ2n) is 5.09. The van der Waals surface area contributed by atoms with E-state index < -0.39 is 0 Å². The van der Waals surface area contributed by atoms with Gasteiger partial charge >= 0.3 is 6.03 Å². The van der Waals surface area contributed by atoms with Crippen LogP contribution in [-0.4, -0.2) is 67.2 Å². The van der Waals surface area contributed by atoms with E-state index in [1.165, 1.54) is 19.4 Å². The molecule has 3 heterocycles. The zero-order chi connectivity index (χ0) is 11.0. The first-order valence-corrected chi connectivity index (χ1v) is 6.33. The molecule has 3 rings (SSSR count). The van der Waals surface area contributed by atoms with Crippen LogP contribution in [0.5, 0.6) is 0 Å². The molecule has 3 saturated heterocycles. The van der Waals surface area contributed by atoms with Crippen LogP contribution in [0.15, 0.2) is 0 Å². The van der Waals surface area contributed by atoms with Crippen molar-refractivity contribution >= 4 is 6.03 Å². The van der Waals surface area contributed by atoms with Crippen LogP contribution in [0.2, 0.25) is 0 Å². The Bertz CT molecular complexity index is 277. The quantitative estimate of drug-likeness (QED) is 0.661. The van der Waals surface area contributed by atoms with E-state index in [-0.39, 0.29) is 6.03 Å². The van der Waals surface area contributed by atoms with Gasteiger partial charge in [0.15, 0.2) is 0 Å². The molecule has 90 valence electrons. The van der Waals surface area contributed by atoms with Crippen molar-refractivity contribution in [1.82, 2.24) is 20.4 Å². The predicted molar refractivity (Wildman–Crippen MR) is 61.4 cm³/mol. The normalized spacial score (nSPS) is 35.2. The van der Waals surface area contributed by atoms with Crippen molar-refractivity contribution in [3.63, 3.8) is 0 Å². The van der Waals surface area contributed by atoms with E-state index in [0.717, 1.165) is 32.7 Å². The van der Waals surface area contributed by atoms with Crippen molar-refractivity contribution in [3.8, 4) is 0 Å². The highest BCUT2D eigenvalue weighted by Crippen LogP contribution is 2.15. The number of rotatable bonds is 2. The van der Waals surface area contributed by atoms with Crippen LogP contribution in [0.25, 0.3) is 0 Å². The molecule has 2 N–H and O–H groups in total. The van der Waals surface area contributed by atoms with Crippen LogP contribution in [0.3, 0.4) is 0 Å². The first kappa shape index (κ1) is 10.4. The van der Waals surface area contributed by atoms with Gasteiger partial charge in [-0.05, 0) is 19.4 Å². The van der Waals surface area contributed by atoms with E-state index in [1.54, 1.807) is 0 Å². The SMILES string of the molecule is O=C1NCC2CN(C[C@H]3CCCN3)CCN12. The molecule has 3 fully saturated rings. The van der Waals surface area contributed by atoms with Crippen molar-refractivity contribution in [2.75, 3.05) is 39.3 Å². The Kier molecular flexibility index (Phi) is 2.73. The molecule has 2 amide bonds. The molecule has 3 aliphatic rings. The van der Waals surface area contributed by atoms with Crippen LogP contribution >= 0.6 is 0 Å². The third-order valence-electron chi connectivity index (χ3n) is 3.96. The lowest BCUT2D eigenvalue weighted by atomic mass is 10.1. The number of hydrogen-bond acceptors (Lipinski definition) is 3. The molecule has 0 bridgehead atoms. The number of hydrogen-bond donors (Lipinski definition) is 2. The zero-order valence-corrected chi connectivity index (χ0v) is 9.61. The monoisotopic (exact) mass is 224 g/mol. The van der Waals surface area contributed by atoms with Gasteiger partial charge in [0.25, 0.3) is 0 Å². The van der Waals surface area contributed by atoms with Crippen LogP contribution in [-0.2, 0) is 0 Å². The Morgan fingerprint density at radius 1 is 1.38 bits per heavy atom. The van der Waals surface area contributed by atoms with Crippen LogP contribution in [0.4, 0.5) is 4.79 Å². The van der Waals surface area contributed by atoms with E-state index in [0.29, 0.717) is 12.1 Å². The maximum Gasteiger partial charge on any atom is 0.317 e. The fourth-order valence-corrected chi connectivity index (χ4v) is 3.06. The molecule has 16 heavy (non-hydrogen) atoms. The van der Waals surface area contributed by atoms with Crippen molar-refractivity contribution in [3.05, 3.63) is 0 Å². The second kappa shape index (κ2) is 4.22. The van der Waals surface area contributed by atoms with E-state index in [4.69, 9.17) is 0 Å². The van der Waals surface area contributed by atoms with Gasteiger partial charge in [0.05, 0.1) is 6.04 Å². The molecule has 0 aromatic carbocycles. The Morgan fingerprint density at radius 2 is 2.31 bits per heavy atom. The van der Waals surface area contributed by atoms with E-state index >= 15 is 0 Å². The molecule has 0 aliphatic carbocycles. The van der Waals surface area contributed by atoms with Crippen molar-refractivity contribution in [2.45, 2.75) is 24.9 Å². The number of piperazine rings is 1. The lowest BCUT2D eigenvalue weighted by Crippen LogP contribution is -2.54. The molecule has 2 atom stereocenters. The molecule has 3 aliphatic heterocycles. The Balaban J connectivity index is 1.53. The summed E-state index contributed by atoms with van der Waals surface area (Å²) in [5.41, 5.74) is 0. The maximum absolute atomic E-state index is 11.4. The standard InChI is InChI=1S/C11H20N4O/c16-11-13-6-10-8-14(4-5-15(10)11)7-9-2-1-3-12-9/h9-10,12H,1-8H2,(H,13,16)/t9-,10?/m1/s1. The number of urea groups is 1. The number of nitrogens with zero attached hydrogens (tertiary/aromatic N) is 2. The first-order chi connectivity index (χ1) is 7.83. The van der Waals surface area contributed by atoms with E-state index in [2.05, 4.69) is 15.5 Å². The molecule has 0 aromatic heterocycles. The van der Waals surface area contributed by atoms with Gasteiger partial charge < -0.3 is 15.5 Å². The summed E-state index contributed by atoms with van der Waals surface area (Å²) in [4.78, 5) is 15.9. The largest absolute Gasteiger partial charge is 0.336 e. The smallest absolute Gasteiger partial charge is 0.317 e. The summed E-state index contributed by atoms with van der Waals surface area (Å²) in [5.74, 6) is 0. The Labute approximate surface area is 96.2 Å². The highest BCUT2D eigenvalue weighted by atomic mass is 16.2. The number of fused-ring (bicyclic) bond motifs is 1. The summed E-state index contributed by atoms with van der Waals surface area (Å²) in [6, 6.07) is 1.21. The lowest BCUT2D eigenvalue weighted by molar-refractivity contribution is 0.115. The molecule has 0 radical (unpaired) electrons. The van der Waals surface area contributed by atoms with Crippen LogP contribution < -0.4 is 10.6 Å². The average molecular weight is 224 g/mol. The van der Waals surface area contributed by atoms with Gasteiger partial charge in [-0.3, -0.25) is 4.90 Å². The first-order valence-electron chi connectivity index (χ1n) is 6.33. The average Bonchev–Trinajstić information content (AvgIpc) is 2.90. The lowest BCUT2D eigenvalue weighted by Gasteiger charge is -2.37. The van der Waals surface area contributed by atoms with Gasteiger partial charge in [0, 0.05) is 38.8 Å². The highest BCUT2D eigenvalue weighted by Gasteiger charge is 2.35. The minimum absolute atomic E-state index is 0.128. The fraction of sp³-hybridized carbons (Fsp3) is 0.909. The highest BCUT2D eigenvalue weighted by molar-refractivity contribution is 5.77.